The maximum absolute atomic E-state index is 13.1. The molecule has 2 aromatic rings. The van der Waals surface area contributed by atoms with Gasteiger partial charge in [-0.05, 0) is 49.8 Å². The topological polar surface area (TPSA) is 49.4 Å². The second-order valence-corrected chi connectivity index (χ2v) is 8.27. The minimum absolute atomic E-state index is 0.251. The highest BCUT2D eigenvalue weighted by Crippen LogP contribution is 2.35. The third-order valence-electron chi connectivity index (χ3n) is 5.14. The molecule has 0 spiro atoms. The van der Waals surface area contributed by atoms with Crippen LogP contribution in [0.25, 0.3) is 0 Å². The minimum atomic E-state index is -4.57. The van der Waals surface area contributed by atoms with Crippen LogP contribution in [0.3, 0.4) is 0 Å². The Labute approximate surface area is 171 Å². The van der Waals surface area contributed by atoms with Gasteiger partial charge in [0.1, 0.15) is 6.54 Å². The summed E-state index contributed by atoms with van der Waals surface area (Å²) in [6.45, 7) is 3.91. The van der Waals surface area contributed by atoms with Gasteiger partial charge in [-0.25, -0.2) is 0 Å². The second-order valence-electron chi connectivity index (χ2n) is 7.31. The molecular formula is C21H23F3N2O2S. The Morgan fingerprint density at radius 1 is 1.28 bits per heavy atom. The maximum atomic E-state index is 13.1. The molecule has 0 aliphatic heterocycles. The van der Waals surface area contributed by atoms with Crippen LogP contribution in [0.4, 0.5) is 18.9 Å². The molecule has 1 unspecified atom stereocenters. The van der Waals surface area contributed by atoms with Gasteiger partial charge >= 0.3 is 6.18 Å². The number of para-hydroxylation sites is 1. The van der Waals surface area contributed by atoms with Crippen LogP contribution in [0.2, 0.25) is 0 Å². The number of hydrogen-bond acceptors (Lipinski definition) is 3. The molecule has 156 valence electrons. The molecule has 1 atom stereocenters. The van der Waals surface area contributed by atoms with Crippen LogP contribution in [-0.2, 0) is 23.8 Å². The Bertz CT molecular complexity index is 908. The predicted octanol–water partition coefficient (Wildman–Crippen LogP) is 4.99. The van der Waals surface area contributed by atoms with Gasteiger partial charge < -0.3 is 10.2 Å². The predicted molar refractivity (Wildman–Crippen MR) is 107 cm³/mol. The van der Waals surface area contributed by atoms with Crippen molar-refractivity contribution in [3.8, 4) is 0 Å². The number of halogens is 3. The van der Waals surface area contributed by atoms with Crippen molar-refractivity contribution >= 4 is 28.8 Å². The van der Waals surface area contributed by atoms with E-state index in [1.807, 2.05) is 5.38 Å². The van der Waals surface area contributed by atoms with E-state index in [-0.39, 0.29) is 24.7 Å². The normalized spacial score (nSPS) is 16.2. The first-order valence-electron chi connectivity index (χ1n) is 9.55. The number of nitrogens with zero attached hydrogens (tertiary/aromatic N) is 1. The SMILES string of the molecule is CCN(CC(=O)Nc1ccccc1C(F)(F)F)C(=O)c1csc2c1CCC(C)C2. The standard InChI is InChI=1S/C21H23F3N2O2S/c1-3-26(20(28)15-12-29-18-10-13(2)8-9-14(15)18)11-19(27)25-17-7-5-4-6-16(17)21(22,23)24/h4-7,12-13H,3,8-11H2,1-2H3,(H,25,27). The number of anilines is 1. The zero-order valence-corrected chi connectivity index (χ0v) is 17.1. The molecular weight excluding hydrogens is 401 g/mol. The van der Waals surface area contributed by atoms with E-state index < -0.39 is 17.6 Å². The molecule has 8 heteroatoms. The fraction of sp³-hybridized carbons (Fsp3) is 0.429. The summed E-state index contributed by atoms with van der Waals surface area (Å²) in [7, 11) is 0. The molecule has 1 aromatic carbocycles. The molecule has 1 aliphatic carbocycles. The van der Waals surface area contributed by atoms with Crippen molar-refractivity contribution in [2.24, 2.45) is 5.92 Å². The Morgan fingerprint density at radius 2 is 2.00 bits per heavy atom. The number of alkyl halides is 3. The maximum Gasteiger partial charge on any atom is 0.418 e. The quantitative estimate of drug-likeness (QED) is 0.735. The van der Waals surface area contributed by atoms with Crippen LogP contribution >= 0.6 is 11.3 Å². The van der Waals surface area contributed by atoms with Crippen LogP contribution in [0.5, 0.6) is 0 Å². The lowest BCUT2D eigenvalue weighted by Gasteiger charge is -2.23. The van der Waals surface area contributed by atoms with Crippen LogP contribution < -0.4 is 5.32 Å². The lowest BCUT2D eigenvalue weighted by atomic mass is 9.88. The minimum Gasteiger partial charge on any atom is -0.330 e. The summed E-state index contributed by atoms with van der Waals surface area (Å²) >= 11 is 1.57. The molecule has 3 rings (SSSR count). The number of likely N-dealkylation sites (N-methyl/N-ethyl adjacent to an activating group) is 1. The first kappa shape index (κ1) is 21.4. The van der Waals surface area contributed by atoms with E-state index in [2.05, 4.69) is 12.2 Å². The fourth-order valence-electron chi connectivity index (χ4n) is 3.56. The zero-order chi connectivity index (χ0) is 21.2. The molecule has 0 radical (unpaired) electrons. The highest BCUT2D eigenvalue weighted by molar-refractivity contribution is 7.10. The summed E-state index contributed by atoms with van der Waals surface area (Å²) in [5.41, 5.74) is 0.445. The van der Waals surface area contributed by atoms with Crippen LogP contribution in [0.15, 0.2) is 29.6 Å². The Hall–Kier alpha value is -2.35. The number of amides is 2. The second kappa shape index (κ2) is 8.57. The van der Waals surface area contributed by atoms with E-state index in [1.54, 1.807) is 18.3 Å². The number of thiophene rings is 1. The molecule has 1 heterocycles. The molecule has 0 fully saturated rings. The number of benzene rings is 1. The van der Waals surface area contributed by atoms with Crippen molar-refractivity contribution in [3.05, 3.63) is 51.2 Å². The number of carbonyl (C=O) groups excluding carboxylic acids is 2. The van der Waals surface area contributed by atoms with Crippen LogP contribution in [0, 0.1) is 5.92 Å². The first-order valence-corrected chi connectivity index (χ1v) is 10.4. The van der Waals surface area contributed by atoms with E-state index in [9.17, 15) is 22.8 Å². The molecule has 1 aromatic heterocycles. The zero-order valence-electron chi connectivity index (χ0n) is 16.3. The van der Waals surface area contributed by atoms with Gasteiger partial charge in [0.15, 0.2) is 0 Å². The van der Waals surface area contributed by atoms with Gasteiger partial charge in [0.2, 0.25) is 5.91 Å². The van der Waals surface area contributed by atoms with Crippen LogP contribution in [-0.4, -0.2) is 29.8 Å². The molecule has 2 amide bonds. The lowest BCUT2D eigenvalue weighted by Crippen LogP contribution is -2.38. The Morgan fingerprint density at radius 3 is 2.69 bits per heavy atom. The van der Waals surface area contributed by atoms with Gasteiger partial charge in [0.05, 0.1) is 16.8 Å². The molecule has 0 bridgehead atoms. The summed E-state index contributed by atoms with van der Waals surface area (Å²) in [6.07, 6.45) is -1.76. The molecule has 1 N–H and O–H groups in total. The summed E-state index contributed by atoms with van der Waals surface area (Å²) in [5, 5.41) is 4.14. The Kier molecular flexibility index (Phi) is 6.31. The van der Waals surface area contributed by atoms with E-state index >= 15 is 0 Å². The molecule has 29 heavy (non-hydrogen) atoms. The van der Waals surface area contributed by atoms with Gasteiger partial charge in [0, 0.05) is 16.8 Å². The summed E-state index contributed by atoms with van der Waals surface area (Å²) < 4.78 is 39.3. The number of rotatable bonds is 5. The van der Waals surface area contributed by atoms with Crippen LogP contribution in [0.1, 0.15) is 46.6 Å². The third-order valence-corrected chi connectivity index (χ3v) is 6.19. The van der Waals surface area contributed by atoms with E-state index in [0.717, 1.165) is 30.9 Å². The summed E-state index contributed by atoms with van der Waals surface area (Å²) in [5.74, 6) is -0.320. The number of carbonyl (C=O) groups is 2. The number of nitrogens with one attached hydrogen (secondary N) is 1. The largest absolute Gasteiger partial charge is 0.418 e. The lowest BCUT2D eigenvalue weighted by molar-refractivity contribution is -0.137. The summed E-state index contributed by atoms with van der Waals surface area (Å²) in [4.78, 5) is 28.0. The van der Waals surface area contributed by atoms with E-state index in [0.29, 0.717) is 11.5 Å². The van der Waals surface area contributed by atoms with Crippen molar-refractivity contribution < 1.29 is 22.8 Å². The number of fused-ring (bicyclic) bond motifs is 1. The van der Waals surface area contributed by atoms with Crippen molar-refractivity contribution in [2.75, 3.05) is 18.4 Å². The molecule has 0 saturated heterocycles. The fourth-order valence-corrected chi connectivity index (χ4v) is 4.79. The average Bonchev–Trinajstić information content (AvgIpc) is 3.08. The van der Waals surface area contributed by atoms with Gasteiger partial charge in [-0.15, -0.1) is 11.3 Å². The monoisotopic (exact) mass is 424 g/mol. The van der Waals surface area contributed by atoms with Crippen molar-refractivity contribution in [1.82, 2.24) is 4.90 Å². The smallest absolute Gasteiger partial charge is 0.330 e. The van der Waals surface area contributed by atoms with E-state index in [1.165, 1.54) is 28.0 Å². The third kappa shape index (κ3) is 4.80. The summed E-state index contributed by atoms with van der Waals surface area (Å²) in [6, 6.07) is 4.80. The van der Waals surface area contributed by atoms with Gasteiger partial charge in [-0.3, -0.25) is 9.59 Å². The Balaban J connectivity index is 1.72. The molecule has 4 nitrogen and oxygen atoms in total. The molecule has 0 saturated carbocycles. The van der Waals surface area contributed by atoms with E-state index in [4.69, 9.17) is 0 Å². The average molecular weight is 424 g/mol. The highest BCUT2D eigenvalue weighted by atomic mass is 32.1. The van der Waals surface area contributed by atoms with Crippen molar-refractivity contribution in [3.63, 3.8) is 0 Å². The van der Waals surface area contributed by atoms with Gasteiger partial charge in [-0.1, -0.05) is 19.1 Å². The van der Waals surface area contributed by atoms with Crippen molar-refractivity contribution in [1.29, 1.82) is 0 Å². The highest BCUT2D eigenvalue weighted by Gasteiger charge is 2.34. The number of hydrogen-bond donors (Lipinski definition) is 1. The first-order chi connectivity index (χ1) is 13.7. The van der Waals surface area contributed by atoms with Gasteiger partial charge in [0.25, 0.3) is 5.91 Å². The van der Waals surface area contributed by atoms with Gasteiger partial charge in [-0.2, -0.15) is 13.2 Å². The molecule has 1 aliphatic rings. The van der Waals surface area contributed by atoms with Crippen molar-refractivity contribution in [2.45, 2.75) is 39.3 Å².